The molecular formula is C19H21ClN2O3. The van der Waals surface area contributed by atoms with Gasteiger partial charge in [-0.15, -0.1) is 0 Å². The average Bonchev–Trinajstić information content (AvgIpc) is 2.65. The predicted octanol–water partition coefficient (Wildman–Crippen LogP) is 2.88. The third-order valence-corrected chi connectivity index (χ3v) is 4.08. The molecule has 2 N–H and O–H groups in total. The zero-order valence-corrected chi connectivity index (χ0v) is 15.0. The van der Waals surface area contributed by atoms with Crippen LogP contribution < -0.4 is 15.4 Å². The number of rotatable bonds is 7. The second-order valence-electron chi connectivity index (χ2n) is 5.42. The lowest BCUT2D eigenvalue weighted by Crippen LogP contribution is -2.40. The summed E-state index contributed by atoms with van der Waals surface area (Å²) in [5.74, 6) is -0.114. The first kappa shape index (κ1) is 18.8. The van der Waals surface area contributed by atoms with Crippen LogP contribution in [-0.2, 0) is 16.0 Å². The van der Waals surface area contributed by atoms with Crippen molar-refractivity contribution >= 4 is 23.4 Å². The fourth-order valence-electron chi connectivity index (χ4n) is 2.35. The van der Waals surface area contributed by atoms with E-state index in [1.165, 1.54) is 7.05 Å². The summed E-state index contributed by atoms with van der Waals surface area (Å²) >= 11 is 6.07. The lowest BCUT2D eigenvalue weighted by molar-refractivity contribution is -0.129. The Hall–Kier alpha value is -2.53. The van der Waals surface area contributed by atoms with Gasteiger partial charge in [-0.2, -0.15) is 0 Å². The fraction of sp³-hybridized carbons (Fsp3) is 0.263. The highest BCUT2D eigenvalue weighted by molar-refractivity contribution is 6.31. The number of hydrogen-bond donors (Lipinski definition) is 2. The van der Waals surface area contributed by atoms with E-state index in [1.807, 2.05) is 31.2 Å². The summed E-state index contributed by atoms with van der Waals surface area (Å²) in [6.07, 6.45) is 0.773. The minimum absolute atomic E-state index is 0.189. The van der Waals surface area contributed by atoms with E-state index < -0.39 is 6.04 Å². The average molecular weight is 361 g/mol. The van der Waals surface area contributed by atoms with Crippen molar-refractivity contribution in [3.8, 4) is 5.75 Å². The lowest BCUT2D eigenvalue weighted by Gasteiger charge is -2.18. The zero-order chi connectivity index (χ0) is 18.2. The van der Waals surface area contributed by atoms with E-state index in [9.17, 15) is 9.59 Å². The van der Waals surface area contributed by atoms with Gasteiger partial charge in [-0.25, -0.2) is 0 Å². The van der Waals surface area contributed by atoms with Crippen LogP contribution in [-0.4, -0.2) is 25.5 Å². The Morgan fingerprint density at radius 1 is 1.16 bits per heavy atom. The highest BCUT2D eigenvalue weighted by atomic mass is 35.5. The van der Waals surface area contributed by atoms with Gasteiger partial charge < -0.3 is 15.4 Å². The number of ether oxygens (including phenoxy) is 1. The van der Waals surface area contributed by atoms with Crippen molar-refractivity contribution in [2.24, 2.45) is 0 Å². The molecule has 2 aromatic rings. The maximum atomic E-state index is 12.2. The van der Waals surface area contributed by atoms with Crippen LogP contribution in [0.1, 0.15) is 24.1 Å². The molecule has 2 amide bonds. The van der Waals surface area contributed by atoms with Crippen LogP contribution >= 0.6 is 11.6 Å². The number of amides is 2. The molecule has 0 saturated carbocycles. The van der Waals surface area contributed by atoms with Crippen LogP contribution in [0.2, 0.25) is 5.02 Å². The molecule has 0 fully saturated rings. The second kappa shape index (κ2) is 9.08. The summed E-state index contributed by atoms with van der Waals surface area (Å²) in [6.45, 7) is 1.80. The van der Waals surface area contributed by atoms with E-state index >= 15 is 0 Å². The Kier molecular flexibility index (Phi) is 6.83. The summed E-state index contributed by atoms with van der Waals surface area (Å²) in [5.41, 5.74) is 1.65. The summed E-state index contributed by atoms with van der Waals surface area (Å²) in [4.78, 5) is 24.3. The third kappa shape index (κ3) is 5.22. The lowest BCUT2D eigenvalue weighted by atomic mass is 10.1. The van der Waals surface area contributed by atoms with Gasteiger partial charge in [0.25, 0.3) is 5.91 Å². The van der Waals surface area contributed by atoms with Gasteiger partial charge in [0.05, 0.1) is 0 Å². The Morgan fingerprint density at radius 3 is 2.52 bits per heavy atom. The van der Waals surface area contributed by atoms with Crippen LogP contribution in [0, 0.1) is 0 Å². The number of carbonyl (C=O) groups is 2. The molecule has 0 bridgehead atoms. The maximum Gasteiger partial charge on any atom is 0.258 e. The molecule has 0 saturated heterocycles. The number of likely N-dealkylation sites (N-methyl/N-ethyl adjacent to an activating group) is 1. The monoisotopic (exact) mass is 360 g/mol. The Labute approximate surface area is 152 Å². The molecule has 1 unspecified atom stereocenters. The summed E-state index contributed by atoms with van der Waals surface area (Å²) in [7, 11) is 1.53. The van der Waals surface area contributed by atoms with Crippen LogP contribution in [0.15, 0.2) is 48.5 Å². The highest BCUT2D eigenvalue weighted by Crippen LogP contribution is 2.22. The van der Waals surface area contributed by atoms with Gasteiger partial charge in [-0.1, -0.05) is 48.9 Å². The molecule has 0 aliphatic rings. The van der Waals surface area contributed by atoms with E-state index in [2.05, 4.69) is 10.6 Å². The van der Waals surface area contributed by atoms with Crippen molar-refractivity contribution in [3.63, 3.8) is 0 Å². The fourth-order valence-corrected chi connectivity index (χ4v) is 2.60. The SMILES string of the molecule is CCc1cc(OCC(=O)NC(C(=O)NC)c2ccccc2)ccc1Cl. The van der Waals surface area contributed by atoms with Crippen LogP contribution in [0.25, 0.3) is 0 Å². The van der Waals surface area contributed by atoms with Gasteiger partial charge >= 0.3 is 0 Å². The van der Waals surface area contributed by atoms with Crippen molar-refractivity contribution in [2.45, 2.75) is 19.4 Å². The third-order valence-electron chi connectivity index (χ3n) is 3.71. The van der Waals surface area contributed by atoms with Crippen molar-refractivity contribution in [1.29, 1.82) is 0 Å². The first-order chi connectivity index (χ1) is 12.0. The minimum atomic E-state index is -0.765. The van der Waals surface area contributed by atoms with Gasteiger partial charge in [-0.05, 0) is 35.7 Å². The summed E-state index contributed by atoms with van der Waals surface area (Å²) in [5, 5.41) is 5.92. The topological polar surface area (TPSA) is 67.4 Å². The standard InChI is InChI=1S/C19H21ClN2O3/c1-3-13-11-15(9-10-16(13)20)25-12-17(23)22-18(19(24)21-2)14-7-5-4-6-8-14/h4-11,18H,3,12H2,1-2H3,(H,21,24)(H,22,23). The van der Waals surface area contributed by atoms with E-state index in [0.29, 0.717) is 16.3 Å². The Balaban J connectivity index is 2.01. The van der Waals surface area contributed by atoms with Gasteiger partial charge in [0.1, 0.15) is 11.8 Å². The molecule has 0 spiro atoms. The van der Waals surface area contributed by atoms with Crippen LogP contribution in [0.5, 0.6) is 5.75 Å². The van der Waals surface area contributed by atoms with Crippen LogP contribution in [0.3, 0.4) is 0 Å². The first-order valence-corrected chi connectivity index (χ1v) is 8.40. The number of aryl methyl sites for hydroxylation is 1. The maximum absolute atomic E-state index is 12.2. The molecule has 132 valence electrons. The number of halogens is 1. The molecule has 25 heavy (non-hydrogen) atoms. The highest BCUT2D eigenvalue weighted by Gasteiger charge is 2.21. The van der Waals surface area contributed by atoms with Crippen molar-refractivity contribution in [2.75, 3.05) is 13.7 Å². The summed E-state index contributed by atoms with van der Waals surface area (Å²) in [6, 6.07) is 13.5. The minimum Gasteiger partial charge on any atom is -0.484 e. The molecule has 0 heterocycles. The van der Waals surface area contributed by atoms with Gasteiger partial charge in [0.2, 0.25) is 5.91 Å². The van der Waals surface area contributed by atoms with E-state index in [0.717, 1.165) is 12.0 Å². The molecule has 0 aliphatic heterocycles. The smallest absolute Gasteiger partial charge is 0.258 e. The predicted molar refractivity (Wildman–Crippen MR) is 97.7 cm³/mol. The first-order valence-electron chi connectivity index (χ1n) is 8.02. The molecule has 0 aliphatic carbocycles. The molecule has 0 aromatic heterocycles. The molecular weight excluding hydrogens is 340 g/mol. The van der Waals surface area contributed by atoms with E-state index in [4.69, 9.17) is 16.3 Å². The van der Waals surface area contributed by atoms with Crippen molar-refractivity contribution in [3.05, 3.63) is 64.7 Å². The Bertz CT molecular complexity index is 735. The van der Waals surface area contributed by atoms with Gasteiger partial charge in [0, 0.05) is 12.1 Å². The second-order valence-corrected chi connectivity index (χ2v) is 5.83. The van der Waals surface area contributed by atoms with Crippen LogP contribution in [0.4, 0.5) is 0 Å². The molecule has 2 aromatic carbocycles. The zero-order valence-electron chi connectivity index (χ0n) is 14.2. The van der Waals surface area contributed by atoms with E-state index in [-0.39, 0.29) is 18.4 Å². The molecule has 1 atom stereocenters. The summed E-state index contributed by atoms with van der Waals surface area (Å²) < 4.78 is 5.51. The normalized spacial score (nSPS) is 11.5. The Morgan fingerprint density at radius 2 is 1.88 bits per heavy atom. The van der Waals surface area contributed by atoms with E-state index in [1.54, 1.807) is 24.3 Å². The molecule has 0 radical (unpaired) electrons. The molecule has 6 heteroatoms. The van der Waals surface area contributed by atoms with Crippen molar-refractivity contribution < 1.29 is 14.3 Å². The molecule has 5 nitrogen and oxygen atoms in total. The number of hydrogen-bond acceptors (Lipinski definition) is 3. The largest absolute Gasteiger partial charge is 0.484 e. The number of carbonyl (C=O) groups excluding carboxylic acids is 2. The number of nitrogens with one attached hydrogen (secondary N) is 2. The van der Waals surface area contributed by atoms with Gasteiger partial charge in [-0.3, -0.25) is 9.59 Å². The quantitative estimate of drug-likeness (QED) is 0.797. The van der Waals surface area contributed by atoms with Crippen molar-refractivity contribution in [1.82, 2.24) is 10.6 Å². The van der Waals surface area contributed by atoms with Gasteiger partial charge in [0.15, 0.2) is 6.61 Å². The molecule has 2 rings (SSSR count). The number of benzene rings is 2.